The minimum Gasteiger partial charge on any atom is -0.351 e. The summed E-state index contributed by atoms with van der Waals surface area (Å²) in [5.74, 6) is 0.386. The van der Waals surface area contributed by atoms with Crippen LogP contribution in [0.4, 0.5) is 5.69 Å². The molecule has 23 heavy (non-hydrogen) atoms. The maximum absolute atomic E-state index is 12.1. The predicted molar refractivity (Wildman–Crippen MR) is 87.2 cm³/mol. The first kappa shape index (κ1) is 16.9. The number of rotatable bonds is 7. The van der Waals surface area contributed by atoms with E-state index in [1.807, 2.05) is 0 Å². The lowest BCUT2D eigenvalue weighted by Crippen LogP contribution is -2.26. The van der Waals surface area contributed by atoms with Crippen molar-refractivity contribution in [2.75, 3.05) is 17.6 Å². The van der Waals surface area contributed by atoms with Crippen molar-refractivity contribution < 1.29 is 9.59 Å². The Bertz CT molecular complexity index is 687. The predicted octanol–water partition coefficient (Wildman–Crippen LogP) is 1.08. The average Bonchev–Trinajstić information content (AvgIpc) is 2.96. The van der Waals surface area contributed by atoms with Crippen LogP contribution in [0.1, 0.15) is 23.7 Å². The Hall–Kier alpha value is -2.42. The maximum Gasteiger partial charge on any atom is 0.251 e. The number of thioether (sulfide) groups is 1. The molecule has 1 heterocycles. The van der Waals surface area contributed by atoms with Crippen LogP contribution in [0.3, 0.4) is 0 Å². The van der Waals surface area contributed by atoms with Crippen molar-refractivity contribution in [3.8, 4) is 0 Å². The van der Waals surface area contributed by atoms with Crippen molar-refractivity contribution in [2.24, 2.45) is 7.05 Å². The SMILES string of the molecule is CCC(=O)Nc1cccc(C(=O)NCCSc2nnnn2C)c1. The summed E-state index contributed by atoms with van der Waals surface area (Å²) in [6.45, 7) is 2.26. The fraction of sp³-hybridized carbons (Fsp3) is 0.357. The molecule has 0 aliphatic rings. The highest BCUT2D eigenvalue weighted by Crippen LogP contribution is 2.12. The molecule has 1 aromatic heterocycles. The summed E-state index contributed by atoms with van der Waals surface area (Å²) in [5, 5.41) is 17.4. The third-order valence-corrected chi connectivity index (χ3v) is 3.94. The Morgan fingerprint density at radius 2 is 2.17 bits per heavy atom. The van der Waals surface area contributed by atoms with Gasteiger partial charge in [-0.25, -0.2) is 4.68 Å². The van der Waals surface area contributed by atoms with Crippen LogP contribution in [-0.2, 0) is 11.8 Å². The molecule has 122 valence electrons. The van der Waals surface area contributed by atoms with Gasteiger partial charge in [-0.2, -0.15) is 0 Å². The van der Waals surface area contributed by atoms with E-state index in [1.165, 1.54) is 11.8 Å². The van der Waals surface area contributed by atoms with Crippen molar-refractivity contribution in [1.82, 2.24) is 25.5 Å². The second kappa shape index (κ2) is 8.28. The van der Waals surface area contributed by atoms with Gasteiger partial charge in [-0.15, -0.1) is 5.10 Å². The molecule has 0 aliphatic heterocycles. The molecule has 0 fully saturated rings. The molecule has 8 nitrogen and oxygen atoms in total. The molecule has 0 unspecified atom stereocenters. The normalized spacial score (nSPS) is 10.3. The van der Waals surface area contributed by atoms with E-state index in [9.17, 15) is 9.59 Å². The molecule has 0 radical (unpaired) electrons. The summed E-state index contributed by atoms with van der Waals surface area (Å²) in [6.07, 6.45) is 0.393. The zero-order chi connectivity index (χ0) is 16.7. The molecule has 0 bridgehead atoms. The van der Waals surface area contributed by atoms with Gasteiger partial charge in [0, 0.05) is 37.0 Å². The van der Waals surface area contributed by atoms with Gasteiger partial charge in [0.05, 0.1) is 0 Å². The van der Waals surface area contributed by atoms with Gasteiger partial charge < -0.3 is 10.6 Å². The van der Waals surface area contributed by atoms with Crippen molar-refractivity contribution in [3.05, 3.63) is 29.8 Å². The van der Waals surface area contributed by atoms with Crippen LogP contribution in [0.2, 0.25) is 0 Å². The molecule has 9 heteroatoms. The summed E-state index contributed by atoms with van der Waals surface area (Å²) in [6, 6.07) is 6.85. The molecule has 1 aromatic carbocycles. The number of aryl methyl sites for hydroxylation is 1. The second-order valence-electron chi connectivity index (χ2n) is 4.67. The number of anilines is 1. The second-order valence-corrected chi connectivity index (χ2v) is 5.73. The van der Waals surface area contributed by atoms with E-state index in [0.29, 0.717) is 35.1 Å². The molecule has 0 atom stereocenters. The van der Waals surface area contributed by atoms with E-state index >= 15 is 0 Å². The molecule has 2 rings (SSSR count). The fourth-order valence-corrected chi connectivity index (χ4v) is 2.44. The standard InChI is InChI=1S/C14H18N6O2S/c1-3-12(21)16-11-6-4-5-10(9-11)13(22)15-7-8-23-14-17-18-19-20(14)2/h4-6,9H,3,7-8H2,1-2H3,(H,15,22)(H,16,21). The molecule has 0 saturated heterocycles. The van der Waals surface area contributed by atoms with E-state index in [2.05, 4.69) is 26.2 Å². The molecular weight excluding hydrogens is 316 g/mol. The zero-order valence-corrected chi connectivity index (χ0v) is 13.8. The highest BCUT2D eigenvalue weighted by atomic mass is 32.2. The molecule has 2 amide bonds. The molecule has 2 aromatic rings. The zero-order valence-electron chi connectivity index (χ0n) is 12.9. The highest BCUT2D eigenvalue weighted by Gasteiger charge is 2.08. The van der Waals surface area contributed by atoms with Gasteiger partial charge in [0.15, 0.2) is 0 Å². The van der Waals surface area contributed by atoms with E-state index in [4.69, 9.17) is 0 Å². The first-order chi connectivity index (χ1) is 11.1. The van der Waals surface area contributed by atoms with Gasteiger partial charge in [0.1, 0.15) is 0 Å². The number of aromatic nitrogens is 4. The monoisotopic (exact) mass is 334 g/mol. The Kier molecular flexibility index (Phi) is 6.10. The maximum atomic E-state index is 12.1. The van der Waals surface area contributed by atoms with E-state index in [-0.39, 0.29) is 11.8 Å². The van der Waals surface area contributed by atoms with Crippen LogP contribution in [0.25, 0.3) is 0 Å². The van der Waals surface area contributed by atoms with Gasteiger partial charge in [-0.3, -0.25) is 9.59 Å². The lowest BCUT2D eigenvalue weighted by molar-refractivity contribution is -0.115. The van der Waals surface area contributed by atoms with E-state index < -0.39 is 0 Å². The van der Waals surface area contributed by atoms with Crippen LogP contribution in [0.5, 0.6) is 0 Å². The Labute approximate surface area is 138 Å². The number of benzene rings is 1. The molecule has 0 aliphatic carbocycles. The van der Waals surface area contributed by atoms with Gasteiger partial charge in [-0.05, 0) is 28.6 Å². The summed E-state index contributed by atoms with van der Waals surface area (Å²) < 4.78 is 1.58. The van der Waals surface area contributed by atoms with E-state index in [0.717, 1.165) is 0 Å². The number of tetrazole rings is 1. The lowest BCUT2D eigenvalue weighted by atomic mass is 10.2. The fourth-order valence-electron chi connectivity index (χ4n) is 1.74. The minimum atomic E-state index is -0.186. The van der Waals surface area contributed by atoms with Crippen molar-refractivity contribution in [3.63, 3.8) is 0 Å². The van der Waals surface area contributed by atoms with Crippen LogP contribution in [0.15, 0.2) is 29.4 Å². The summed E-state index contributed by atoms with van der Waals surface area (Å²) in [7, 11) is 1.76. The number of amides is 2. The number of hydrogen-bond donors (Lipinski definition) is 2. The molecule has 2 N–H and O–H groups in total. The Morgan fingerprint density at radius 3 is 2.87 bits per heavy atom. The number of carbonyl (C=O) groups excluding carboxylic acids is 2. The quantitative estimate of drug-likeness (QED) is 0.580. The molecule has 0 spiro atoms. The third-order valence-electron chi connectivity index (χ3n) is 2.93. The highest BCUT2D eigenvalue weighted by molar-refractivity contribution is 7.99. The van der Waals surface area contributed by atoms with Crippen LogP contribution in [-0.4, -0.2) is 44.3 Å². The van der Waals surface area contributed by atoms with Crippen molar-refractivity contribution in [2.45, 2.75) is 18.5 Å². The smallest absolute Gasteiger partial charge is 0.251 e. The third kappa shape index (κ3) is 5.06. The van der Waals surface area contributed by atoms with Gasteiger partial charge in [0.25, 0.3) is 5.91 Å². The average molecular weight is 334 g/mol. The number of hydrogen-bond acceptors (Lipinski definition) is 6. The first-order valence-electron chi connectivity index (χ1n) is 7.13. The van der Waals surface area contributed by atoms with Crippen molar-refractivity contribution in [1.29, 1.82) is 0 Å². The van der Waals surface area contributed by atoms with Crippen LogP contribution in [0, 0.1) is 0 Å². The van der Waals surface area contributed by atoms with Gasteiger partial charge in [-0.1, -0.05) is 24.8 Å². The van der Waals surface area contributed by atoms with Gasteiger partial charge in [0.2, 0.25) is 11.1 Å². The topological polar surface area (TPSA) is 102 Å². The largest absolute Gasteiger partial charge is 0.351 e. The Balaban J connectivity index is 1.82. The minimum absolute atomic E-state index is 0.0868. The molecular formula is C14H18N6O2S. The molecule has 0 saturated carbocycles. The number of nitrogens with zero attached hydrogens (tertiary/aromatic N) is 4. The first-order valence-corrected chi connectivity index (χ1v) is 8.12. The number of carbonyl (C=O) groups is 2. The summed E-state index contributed by atoms with van der Waals surface area (Å²) >= 11 is 1.46. The summed E-state index contributed by atoms with van der Waals surface area (Å²) in [5.41, 5.74) is 1.12. The Morgan fingerprint density at radius 1 is 1.35 bits per heavy atom. The van der Waals surface area contributed by atoms with Crippen molar-refractivity contribution >= 4 is 29.3 Å². The van der Waals surface area contributed by atoms with Crippen LogP contribution >= 0.6 is 11.8 Å². The lowest BCUT2D eigenvalue weighted by Gasteiger charge is -2.07. The van der Waals surface area contributed by atoms with E-state index in [1.54, 1.807) is 42.9 Å². The van der Waals surface area contributed by atoms with Crippen LogP contribution < -0.4 is 10.6 Å². The summed E-state index contributed by atoms with van der Waals surface area (Å²) in [4.78, 5) is 23.5. The number of nitrogens with one attached hydrogen (secondary N) is 2. The van der Waals surface area contributed by atoms with Gasteiger partial charge >= 0.3 is 0 Å².